The van der Waals surface area contributed by atoms with Gasteiger partial charge in [-0.25, -0.2) is 0 Å². The number of nitrogens with two attached hydrogens (primary N) is 1. The molecule has 0 aromatic carbocycles. The maximum atomic E-state index is 6.26. The summed E-state index contributed by atoms with van der Waals surface area (Å²) in [4.78, 5) is 3.78. The lowest BCUT2D eigenvalue weighted by Crippen LogP contribution is -2.44. The van der Waals surface area contributed by atoms with Crippen LogP contribution < -0.4 is 5.73 Å². The van der Waals surface area contributed by atoms with E-state index in [1.54, 1.807) is 11.3 Å². The van der Waals surface area contributed by atoms with Gasteiger partial charge in [0.1, 0.15) is 0 Å². The van der Waals surface area contributed by atoms with E-state index >= 15 is 0 Å². The van der Waals surface area contributed by atoms with Gasteiger partial charge in [-0.15, -0.1) is 11.3 Å². The van der Waals surface area contributed by atoms with Crippen LogP contribution >= 0.6 is 22.9 Å². The minimum absolute atomic E-state index is 0.115. The van der Waals surface area contributed by atoms with E-state index in [0.717, 1.165) is 4.34 Å². The van der Waals surface area contributed by atoms with Gasteiger partial charge in [0.05, 0.1) is 10.4 Å². The molecule has 0 amide bonds. The van der Waals surface area contributed by atoms with Crippen molar-refractivity contribution < 1.29 is 0 Å². The van der Waals surface area contributed by atoms with Gasteiger partial charge in [0.2, 0.25) is 0 Å². The standard InChI is InChI=1S/C16H27ClN2S/c1-11(18)15(13-5-6-14(17)20-13)19(4)12-7-9-16(2,3)10-8-12/h5-6,11-12,15H,7-10,18H2,1-4H3. The van der Waals surface area contributed by atoms with Crippen LogP contribution in [0.25, 0.3) is 0 Å². The van der Waals surface area contributed by atoms with Crippen molar-refractivity contribution in [2.24, 2.45) is 11.1 Å². The molecule has 114 valence electrons. The fourth-order valence-corrected chi connectivity index (χ4v) is 4.67. The first-order chi connectivity index (χ1) is 9.30. The first kappa shape index (κ1) is 16.3. The quantitative estimate of drug-likeness (QED) is 0.873. The molecular formula is C16H27ClN2S. The highest BCUT2D eigenvalue weighted by atomic mass is 35.5. The maximum Gasteiger partial charge on any atom is 0.0931 e. The van der Waals surface area contributed by atoms with Crippen molar-refractivity contribution in [3.8, 4) is 0 Å². The Labute approximate surface area is 132 Å². The van der Waals surface area contributed by atoms with Crippen LogP contribution in [0.4, 0.5) is 0 Å². The van der Waals surface area contributed by atoms with E-state index in [4.69, 9.17) is 17.3 Å². The van der Waals surface area contributed by atoms with Crippen molar-refractivity contribution in [2.45, 2.75) is 64.6 Å². The summed E-state index contributed by atoms with van der Waals surface area (Å²) >= 11 is 7.76. The number of hydrogen-bond donors (Lipinski definition) is 1. The van der Waals surface area contributed by atoms with Crippen LogP contribution in [0.5, 0.6) is 0 Å². The monoisotopic (exact) mass is 314 g/mol. The van der Waals surface area contributed by atoms with Gasteiger partial charge in [-0.05, 0) is 57.2 Å². The predicted molar refractivity (Wildman–Crippen MR) is 89.5 cm³/mol. The minimum Gasteiger partial charge on any atom is -0.326 e. The summed E-state index contributed by atoms with van der Waals surface area (Å²) < 4.78 is 0.851. The largest absolute Gasteiger partial charge is 0.326 e. The van der Waals surface area contributed by atoms with E-state index in [1.807, 2.05) is 6.07 Å². The second-order valence-electron chi connectivity index (χ2n) is 7.01. The molecule has 1 aliphatic rings. The van der Waals surface area contributed by atoms with Gasteiger partial charge in [0, 0.05) is 17.0 Å². The zero-order valence-electron chi connectivity index (χ0n) is 13.0. The Morgan fingerprint density at radius 2 is 1.95 bits per heavy atom. The zero-order chi connectivity index (χ0) is 14.9. The average molecular weight is 315 g/mol. The predicted octanol–water partition coefficient (Wildman–Crippen LogP) is 4.69. The van der Waals surface area contributed by atoms with Crippen molar-refractivity contribution in [3.05, 3.63) is 21.3 Å². The highest BCUT2D eigenvalue weighted by Gasteiger charge is 2.33. The number of thiophene rings is 1. The molecule has 1 fully saturated rings. The minimum atomic E-state index is 0.115. The van der Waals surface area contributed by atoms with E-state index in [9.17, 15) is 0 Å². The summed E-state index contributed by atoms with van der Waals surface area (Å²) in [5.74, 6) is 0. The highest BCUT2D eigenvalue weighted by Crippen LogP contribution is 2.40. The Balaban J connectivity index is 2.10. The Morgan fingerprint density at radius 1 is 1.35 bits per heavy atom. The fraction of sp³-hybridized carbons (Fsp3) is 0.750. The second kappa shape index (κ2) is 6.35. The summed E-state index contributed by atoms with van der Waals surface area (Å²) in [7, 11) is 2.23. The normalized spacial score (nSPS) is 22.9. The Hall–Kier alpha value is -0.0900. The van der Waals surface area contributed by atoms with Gasteiger partial charge >= 0.3 is 0 Å². The van der Waals surface area contributed by atoms with E-state index in [1.165, 1.54) is 30.6 Å². The van der Waals surface area contributed by atoms with Crippen molar-refractivity contribution in [2.75, 3.05) is 7.05 Å². The third-order valence-corrected chi connectivity index (χ3v) is 6.01. The lowest BCUT2D eigenvalue weighted by atomic mass is 9.75. The molecule has 0 aliphatic heterocycles. The fourth-order valence-electron chi connectivity index (χ4n) is 3.34. The van der Waals surface area contributed by atoms with Gasteiger partial charge in [-0.2, -0.15) is 0 Å². The van der Waals surface area contributed by atoms with Crippen LogP contribution in [0.3, 0.4) is 0 Å². The molecular weight excluding hydrogens is 288 g/mol. The van der Waals surface area contributed by atoms with Crippen LogP contribution in [-0.2, 0) is 0 Å². The van der Waals surface area contributed by atoms with Gasteiger partial charge in [-0.3, -0.25) is 4.90 Å². The molecule has 0 bridgehead atoms. The molecule has 0 radical (unpaired) electrons. The summed E-state index contributed by atoms with van der Waals surface area (Å²) in [6.45, 7) is 6.86. The van der Waals surface area contributed by atoms with Crippen LogP contribution in [0, 0.1) is 5.41 Å². The van der Waals surface area contributed by atoms with Crippen LogP contribution in [-0.4, -0.2) is 24.0 Å². The smallest absolute Gasteiger partial charge is 0.0931 e. The number of hydrogen-bond acceptors (Lipinski definition) is 3. The topological polar surface area (TPSA) is 29.3 Å². The number of rotatable bonds is 4. The molecule has 2 atom stereocenters. The summed E-state index contributed by atoms with van der Waals surface area (Å²) in [6.07, 6.45) is 5.15. The molecule has 2 nitrogen and oxygen atoms in total. The Morgan fingerprint density at radius 3 is 2.40 bits per heavy atom. The van der Waals surface area contributed by atoms with E-state index < -0.39 is 0 Å². The van der Waals surface area contributed by atoms with E-state index in [0.29, 0.717) is 11.5 Å². The molecule has 1 heterocycles. The van der Waals surface area contributed by atoms with Gasteiger partial charge < -0.3 is 5.73 Å². The molecule has 2 rings (SSSR count). The lowest BCUT2D eigenvalue weighted by Gasteiger charge is -2.42. The molecule has 1 aromatic heterocycles. The van der Waals surface area contributed by atoms with Gasteiger partial charge in [0.15, 0.2) is 0 Å². The molecule has 1 saturated carbocycles. The first-order valence-corrected chi connectivity index (χ1v) is 8.72. The summed E-state index contributed by atoms with van der Waals surface area (Å²) in [6, 6.07) is 5.14. The van der Waals surface area contributed by atoms with Crippen LogP contribution in [0.15, 0.2) is 12.1 Å². The van der Waals surface area contributed by atoms with Gasteiger partial charge in [0.25, 0.3) is 0 Å². The third kappa shape index (κ3) is 3.76. The summed E-state index contributed by atoms with van der Waals surface area (Å²) in [5.41, 5.74) is 6.77. The number of halogens is 1. The Kier molecular flexibility index (Phi) is 5.17. The molecule has 1 aromatic rings. The lowest BCUT2D eigenvalue weighted by molar-refractivity contribution is 0.0870. The van der Waals surface area contributed by atoms with Gasteiger partial charge in [-0.1, -0.05) is 25.4 Å². The molecule has 0 spiro atoms. The number of nitrogens with zero attached hydrogens (tertiary/aromatic N) is 1. The SMILES string of the molecule is CC(N)C(c1ccc(Cl)s1)N(C)C1CCC(C)(C)CC1. The molecule has 20 heavy (non-hydrogen) atoms. The van der Waals surface area contributed by atoms with E-state index in [-0.39, 0.29) is 12.1 Å². The average Bonchev–Trinajstić information content (AvgIpc) is 2.75. The first-order valence-electron chi connectivity index (χ1n) is 7.53. The van der Waals surface area contributed by atoms with Crippen molar-refractivity contribution in [1.29, 1.82) is 0 Å². The van der Waals surface area contributed by atoms with E-state index in [2.05, 4.69) is 38.8 Å². The molecule has 2 N–H and O–H groups in total. The van der Waals surface area contributed by atoms with Crippen molar-refractivity contribution in [1.82, 2.24) is 4.90 Å². The highest BCUT2D eigenvalue weighted by molar-refractivity contribution is 7.16. The molecule has 4 heteroatoms. The third-order valence-electron chi connectivity index (χ3n) is 4.71. The zero-order valence-corrected chi connectivity index (χ0v) is 14.6. The van der Waals surface area contributed by atoms with Crippen molar-refractivity contribution in [3.63, 3.8) is 0 Å². The molecule has 2 unspecified atom stereocenters. The van der Waals surface area contributed by atoms with Crippen molar-refractivity contribution >= 4 is 22.9 Å². The Bertz CT molecular complexity index is 431. The maximum absolute atomic E-state index is 6.26. The number of likely N-dealkylation sites (N-methyl/N-ethyl adjacent to an activating group) is 1. The summed E-state index contributed by atoms with van der Waals surface area (Å²) in [5, 5.41) is 0. The molecule has 1 aliphatic carbocycles. The van der Waals surface area contributed by atoms with Crippen LogP contribution in [0.2, 0.25) is 4.34 Å². The second-order valence-corrected chi connectivity index (χ2v) is 8.75. The van der Waals surface area contributed by atoms with Crippen LogP contribution in [0.1, 0.15) is 57.4 Å². The molecule has 0 saturated heterocycles.